The molecule has 0 atom stereocenters. The summed E-state index contributed by atoms with van der Waals surface area (Å²) in [6.07, 6.45) is 4.49. The van der Waals surface area contributed by atoms with Crippen molar-refractivity contribution < 1.29 is 9.59 Å². The largest absolute Gasteiger partial charge is 0.379 e. The molecule has 0 bridgehead atoms. The normalized spacial score (nSPS) is 17.6. The van der Waals surface area contributed by atoms with E-state index in [2.05, 4.69) is 10.6 Å². The van der Waals surface area contributed by atoms with Crippen LogP contribution in [0.3, 0.4) is 0 Å². The fraction of sp³-hybridized carbons (Fsp3) is 0.143. The maximum absolute atomic E-state index is 11.6. The highest BCUT2D eigenvalue weighted by molar-refractivity contribution is 6.07. The van der Waals surface area contributed by atoms with Gasteiger partial charge in [-0.2, -0.15) is 0 Å². The number of piperazine rings is 1. The highest BCUT2D eigenvalue weighted by Crippen LogP contribution is 2.02. The zero-order valence-electron chi connectivity index (χ0n) is 9.85. The first-order valence-corrected chi connectivity index (χ1v) is 5.76. The van der Waals surface area contributed by atoms with Crippen molar-refractivity contribution in [2.24, 2.45) is 0 Å². The first-order valence-electron chi connectivity index (χ1n) is 5.76. The first-order chi connectivity index (χ1) is 8.75. The fourth-order valence-electron chi connectivity index (χ4n) is 1.60. The van der Waals surface area contributed by atoms with Crippen molar-refractivity contribution in [3.8, 4) is 0 Å². The number of hydrogen-bond acceptors (Lipinski definition) is 3. The number of carbonyl (C=O) groups excluding carboxylic acids is 2. The van der Waals surface area contributed by atoms with Crippen molar-refractivity contribution in [2.45, 2.75) is 0 Å². The number of carbonyl (C=O) groups is 2. The molecular weight excluding hydrogens is 228 g/mol. The van der Waals surface area contributed by atoms with E-state index in [1.807, 2.05) is 30.3 Å². The van der Waals surface area contributed by atoms with Gasteiger partial charge in [0.15, 0.2) is 5.78 Å². The molecule has 18 heavy (non-hydrogen) atoms. The van der Waals surface area contributed by atoms with Gasteiger partial charge in [-0.3, -0.25) is 9.59 Å². The average molecular weight is 242 g/mol. The monoisotopic (exact) mass is 242 g/mol. The van der Waals surface area contributed by atoms with Gasteiger partial charge in [0.1, 0.15) is 5.70 Å². The summed E-state index contributed by atoms with van der Waals surface area (Å²) in [5, 5.41) is 5.56. The molecule has 4 heteroatoms. The molecular formula is C14H14N2O2. The predicted octanol–water partition coefficient (Wildman–Crippen LogP) is 0.872. The minimum Gasteiger partial charge on any atom is -0.379 e. The summed E-state index contributed by atoms with van der Waals surface area (Å²) in [7, 11) is 0. The first kappa shape index (κ1) is 12.1. The topological polar surface area (TPSA) is 58.2 Å². The Labute approximate surface area is 105 Å². The highest BCUT2D eigenvalue weighted by Gasteiger charge is 2.13. The van der Waals surface area contributed by atoms with Gasteiger partial charge in [0.25, 0.3) is 5.91 Å². The quantitative estimate of drug-likeness (QED) is 0.773. The van der Waals surface area contributed by atoms with Crippen LogP contribution in [-0.2, 0) is 9.59 Å². The third kappa shape index (κ3) is 3.31. The molecule has 0 saturated carbocycles. The number of benzene rings is 1. The number of ketones is 1. The molecule has 1 heterocycles. The van der Waals surface area contributed by atoms with Gasteiger partial charge in [-0.05, 0) is 11.6 Å². The number of allylic oxidation sites excluding steroid dienone is 2. The molecule has 1 amide bonds. The van der Waals surface area contributed by atoms with Crippen LogP contribution >= 0.6 is 0 Å². The van der Waals surface area contributed by atoms with E-state index >= 15 is 0 Å². The standard InChI is InChI=1S/C14H14N2O2/c17-12(7-6-11-4-2-1-3-5-11)10-13-14(18)16-9-8-15-13/h1-7,10,15H,8-9H2,(H,16,18)/b7-6+,13-10+. The molecule has 1 fully saturated rings. The summed E-state index contributed by atoms with van der Waals surface area (Å²) in [5.41, 5.74) is 1.27. The van der Waals surface area contributed by atoms with Gasteiger partial charge in [-0.1, -0.05) is 36.4 Å². The molecule has 4 nitrogen and oxygen atoms in total. The van der Waals surface area contributed by atoms with E-state index in [1.54, 1.807) is 6.08 Å². The van der Waals surface area contributed by atoms with E-state index in [-0.39, 0.29) is 11.7 Å². The van der Waals surface area contributed by atoms with Gasteiger partial charge in [0.2, 0.25) is 0 Å². The maximum atomic E-state index is 11.6. The van der Waals surface area contributed by atoms with E-state index in [0.29, 0.717) is 18.8 Å². The van der Waals surface area contributed by atoms with Gasteiger partial charge in [-0.15, -0.1) is 0 Å². The zero-order chi connectivity index (χ0) is 12.8. The number of nitrogens with one attached hydrogen (secondary N) is 2. The van der Waals surface area contributed by atoms with Crippen LogP contribution in [0, 0.1) is 0 Å². The third-order valence-electron chi connectivity index (χ3n) is 2.50. The van der Waals surface area contributed by atoms with E-state index < -0.39 is 0 Å². The van der Waals surface area contributed by atoms with Crippen molar-refractivity contribution in [1.29, 1.82) is 0 Å². The minimum atomic E-state index is -0.234. The number of amides is 1. The Hall–Kier alpha value is -2.36. The average Bonchev–Trinajstić information content (AvgIpc) is 2.40. The van der Waals surface area contributed by atoms with Crippen LogP contribution in [-0.4, -0.2) is 24.8 Å². The third-order valence-corrected chi connectivity index (χ3v) is 2.50. The summed E-state index contributed by atoms with van der Waals surface area (Å²) >= 11 is 0. The number of rotatable bonds is 3. The van der Waals surface area contributed by atoms with Crippen LogP contribution in [0.25, 0.3) is 6.08 Å². The second kappa shape index (κ2) is 5.82. The molecule has 0 radical (unpaired) electrons. The van der Waals surface area contributed by atoms with Crippen molar-refractivity contribution >= 4 is 17.8 Å². The second-order valence-corrected chi connectivity index (χ2v) is 3.89. The highest BCUT2D eigenvalue weighted by atomic mass is 16.2. The van der Waals surface area contributed by atoms with Gasteiger partial charge < -0.3 is 10.6 Å². The lowest BCUT2D eigenvalue weighted by Crippen LogP contribution is -2.43. The van der Waals surface area contributed by atoms with E-state index in [1.165, 1.54) is 12.2 Å². The Morgan fingerprint density at radius 1 is 1.11 bits per heavy atom. The molecule has 1 aliphatic heterocycles. The molecule has 0 spiro atoms. The molecule has 1 aromatic carbocycles. The van der Waals surface area contributed by atoms with Crippen LogP contribution in [0.15, 0.2) is 48.2 Å². The van der Waals surface area contributed by atoms with Gasteiger partial charge >= 0.3 is 0 Å². The van der Waals surface area contributed by atoms with Crippen molar-refractivity contribution in [1.82, 2.24) is 10.6 Å². The van der Waals surface area contributed by atoms with E-state index in [9.17, 15) is 9.59 Å². The summed E-state index contributed by atoms with van der Waals surface area (Å²) in [5.74, 6) is -0.443. The van der Waals surface area contributed by atoms with Gasteiger partial charge in [-0.25, -0.2) is 0 Å². The van der Waals surface area contributed by atoms with Crippen LogP contribution < -0.4 is 10.6 Å². The lowest BCUT2D eigenvalue weighted by Gasteiger charge is -2.16. The zero-order valence-corrected chi connectivity index (χ0v) is 9.85. The van der Waals surface area contributed by atoms with Crippen molar-refractivity contribution in [2.75, 3.05) is 13.1 Å². The molecule has 1 aromatic rings. The van der Waals surface area contributed by atoms with Gasteiger partial charge in [0, 0.05) is 19.2 Å². The lowest BCUT2D eigenvalue weighted by molar-refractivity contribution is -0.119. The molecule has 1 aliphatic rings. The van der Waals surface area contributed by atoms with Gasteiger partial charge in [0.05, 0.1) is 0 Å². The Bertz CT molecular complexity index is 504. The SMILES string of the molecule is O=C(/C=C/c1ccccc1)/C=C1/NCCNC1=O. The van der Waals surface area contributed by atoms with E-state index in [4.69, 9.17) is 0 Å². The Kier molecular flexibility index (Phi) is 3.91. The maximum Gasteiger partial charge on any atom is 0.267 e. The Morgan fingerprint density at radius 2 is 1.83 bits per heavy atom. The molecule has 2 N–H and O–H groups in total. The predicted molar refractivity (Wildman–Crippen MR) is 69.6 cm³/mol. The summed E-state index contributed by atoms with van der Waals surface area (Å²) in [4.78, 5) is 23.0. The van der Waals surface area contributed by atoms with Crippen molar-refractivity contribution in [3.63, 3.8) is 0 Å². The smallest absolute Gasteiger partial charge is 0.267 e. The Balaban J connectivity index is 2.02. The molecule has 2 rings (SSSR count). The molecule has 0 aromatic heterocycles. The Morgan fingerprint density at radius 3 is 2.56 bits per heavy atom. The summed E-state index contributed by atoms with van der Waals surface area (Å²) in [6, 6.07) is 9.53. The molecule has 0 aliphatic carbocycles. The van der Waals surface area contributed by atoms with Crippen molar-refractivity contribution in [3.05, 3.63) is 53.7 Å². The van der Waals surface area contributed by atoms with Crippen LogP contribution in [0.5, 0.6) is 0 Å². The van der Waals surface area contributed by atoms with Crippen LogP contribution in [0.4, 0.5) is 0 Å². The number of hydrogen-bond donors (Lipinski definition) is 2. The summed E-state index contributed by atoms with van der Waals surface area (Å²) in [6.45, 7) is 1.23. The van der Waals surface area contributed by atoms with E-state index in [0.717, 1.165) is 5.56 Å². The lowest BCUT2D eigenvalue weighted by atomic mass is 10.2. The molecule has 0 unspecified atom stereocenters. The van der Waals surface area contributed by atoms with Crippen LogP contribution in [0.2, 0.25) is 0 Å². The van der Waals surface area contributed by atoms with Crippen LogP contribution in [0.1, 0.15) is 5.56 Å². The second-order valence-electron chi connectivity index (χ2n) is 3.89. The molecule has 1 saturated heterocycles. The minimum absolute atomic E-state index is 0.210. The molecule has 92 valence electrons. The fourth-order valence-corrected chi connectivity index (χ4v) is 1.60. The summed E-state index contributed by atoms with van der Waals surface area (Å²) < 4.78 is 0.